The molecule has 0 aliphatic rings. The van der Waals surface area contributed by atoms with E-state index in [9.17, 15) is 4.79 Å². The second-order valence-corrected chi connectivity index (χ2v) is 5.97. The molecule has 0 saturated carbocycles. The van der Waals surface area contributed by atoms with Gasteiger partial charge in [0.15, 0.2) is 0 Å². The van der Waals surface area contributed by atoms with Gasteiger partial charge in [0, 0.05) is 13.1 Å². The highest BCUT2D eigenvalue weighted by atomic mass is 16.1. The molecule has 0 unspecified atom stereocenters. The summed E-state index contributed by atoms with van der Waals surface area (Å²) in [5, 5.41) is 3.00. The molecule has 1 rings (SSSR count). The van der Waals surface area contributed by atoms with E-state index in [1.165, 1.54) is 5.56 Å². The number of nitrogens with one attached hydrogen (secondary N) is 1. The molecule has 21 heavy (non-hydrogen) atoms. The first-order chi connectivity index (χ1) is 10.0. The van der Waals surface area contributed by atoms with E-state index in [-0.39, 0.29) is 5.91 Å². The maximum atomic E-state index is 11.9. The Morgan fingerprint density at radius 1 is 1.10 bits per heavy atom. The first-order valence-electron chi connectivity index (χ1n) is 8.12. The monoisotopic (exact) mass is 290 g/mol. The van der Waals surface area contributed by atoms with Crippen LogP contribution in [-0.4, -0.2) is 37.0 Å². The van der Waals surface area contributed by atoms with E-state index >= 15 is 0 Å². The summed E-state index contributed by atoms with van der Waals surface area (Å²) in [6.07, 6.45) is 1.57. The van der Waals surface area contributed by atoms with E-state index in [2.05, 4.69) is 62.2 Å². The minimum atomic E-state index is 0.110. The first kappa shape index (κ1) is 17.7. The summed E-state index contributed by atoms with van der Waals surface area (Å²) in [5.74, 6) is 0.776. The van der Waals surface area contributed by atoms with Crippen LogP contribution in [0.3, 0.4) is 0 Å². The second kappa shape index (κ2) is 9.56. The summed E-state index contributed by atoms with van der Waals surface area (Å²) < 4.78 is 0. The average Bonchev–Trinajstić information content (AvgIpc) is 2.45. The van der Waals surface area contributed by atoms with Gasteiger partial charge in [0.05, 0.1) is 6.42 Å². The van der Waals surface area contributed by atoms with Crippen LogP contribution in [0, 0.1) is 5.92 Å². The van der Waals surface area contributed by atoms with E-state index in [0.717, 1.165) is 38.2 Å². The molecular weight excluding hydrogens is 260 g/mol. The van der Waals surface area contributed by atoms with Gasteiger partial charge >= 0.3 is 0 Å². The van der Waals surface area contributed by atoms with Crippen LogP contribution in [-0.2, 0) is 17.6 Å². The van der Waals surface area contributed by atoms with Crippen LogP contribution < -0.4 is 5.32 Å². The molecule has 0 atom stereocenters. The molecule has 0 heterocycles. The Morgan fingerprint density at radius 3 is 2.19 bits per heavy atom. The van der Waals surface area contributed by atoms with Crippen LogP contribution in [0.1, 0.15) is 38.8 Å². The van der Waals surface area contributed by atoms with Gasteiger partial charge in [-0.1, -0.05) is 52.0 Å². The summed E-state index contributed by atoms with van der Waals surface area (Å²) in [4.78, 5) is 14.2. The average molecular weight is 290 g/mol. The van der Waals surface area contributed by atoms with Gasteiger partial charge in [-0.05, 0) is 36.6 Å². The Bertz CT molecular complexity index is 408. The van der Waals surface area contributed by atoms with Crippen LogP contribution in [0.25, 0.3) is 0 Å². The zero-order valence-corrected chi connectivity index (χ0v) is 14.0. The topological polar surface area (TPSA) is 32.3 Å². The summed E-state index contributed by atoms with van der Waals surface area (Å²) in [5.41, 5.74) is 2.43. The molecule has 118 valence electrons. The molecule has 1 amide bonds. The predicted molar refractivity (Wildman–Crippen MR) is 89.5 cm³/mol. The van der Waals surface area contributed by atoms with Crippen LogP contribution in [0.2, 0.25) is 0 Å². The van der Waals surface area contributed by atoms with Crippen molar-refractivity contribution in [3.05, 3.63) is 35.4 Å². The highest BCUT2D eigenvalue weighted by molar-refractivity contribution is 5.78. The summed E-state index contributed by atoms with van der Waals surface area (Å²) >= 11 is 0. The van der Waals surface area contributed by atoms with E-state index in [1.54, 1.807) is 0 Å². The predicted octanol–water partition coefficient (Wildman–Crippen LogP) is 2.89. The number of likely N-dealkylation sites (N-methyl/N-ethyl adjacent to an activating group) is 1. The molecule has 0 saturated heterocycles. The van der Waals surface area contributed by atoms with Gasteiger partial charge in [-0.25, -0.2) is 0 Å². The first-order valence-corrected chi connectivity index (χ1v) is 8.12. The minimum Gasteiger partial charge on any atom is -0.355 e. The van der Waals surface area contributed by atoms with E-state index < -0.39 is 0 Å². The quantitative estimate of drug-likeness (QED) is 0.758. The molecule has 0 aliphatic heterocycles. The zero-order chi connectivity index (χ0) is 15.7. The number of amides is 1. The largest absolute Gasteiger partial charge is 0.355 e. The van der Waals surface area contributed by atoms with Crippen molar-refractivity contribution in [2.24, 2.45) is 5.92 Å². The Balaban J connectivity index is 2.34. The van der Waals surface area contributed by atoms with Crippen LogP contribution in [0.4, 0.5) is 0 Å². The highest BCUT2D eigenvalue weighted by Gasteiger charge is 2.05. The Kier molecular flexibility index (Phi) is 8.06. The van der Waals surface area contributed by atoms with Crippen LogP contribution in [0.5, 0.6) is 0 Å². The molecule has 0 radical (unpaired) electrons. The fourth-order valence-corrected chi connectivity index (χ4v) is 2.41. The van der Waals surface area contributed by atoms with Gasteiger partial charge in [-0.15, -0.1) is 0 Å². The maximum absolute atomic E-state index is 11.9. The van der Waals surface area contributed by atoms with Crippen molar-refractivity contribution < 1.29 is 4.79 Å². The lowest BCUT2D eigenvalue weighted by atomic mass is 10.0. The van der Waals surface area contributed by atoms with Gasteiger partial charge in [-0.2, -0.15) is 0 Å². The Labute approximate surface area is 129 Å². The zero-order valence-electron chi connectivity index (χ0n) is 14.0. The van der Waals surface area contributed by atoms with Crippen molar-refractivity contribution >= 4 is 5.91 Å². The smallest absolute Gasteiger partial charge is 0.224 e. The third-order valence-electron chi connectivity index (χ3n) is 3.68. The third-order valence-corrected chi connectivity index (χ3v) is 3.68. The van der Waals surface area contributed by atoms with E-state index in [1.807, 2.05) is 0 Å². The summed E-state index contributed by atoms with van der Waals surface area (Å²) in [6, 6.07) is 8.42. The van der Waals surface area contributed by atoms with Gasteiger partial charge < -0.3 is 10.2 Å². The van der Waals surface area contributed by atoms with Gasteiger partial charge in [0.25, 0.3) is 0 Å². The fourth-order valence-electron chi connectivity index (χ4n) is 2.41. The standard InChI is InChI=1S/C18H30N2O/c1-5-20(6-2)12-11-19-18(21)14-17-9-7-16(8-10-17)13-15(3)4/h7-10,15H,5-6,11-14H2,1-4H3,(H,19,21). The van der Waals surface area contributed by atoms with Crippen LogP contribution >= 0.6 is 0 Å². The van der Waals surface area contributed by atoms with Crippen molar-refractivity contribution in [1.29, 1.82) is 0 Å². The van der Waals surface area contributed by atoms with Gasteiger partial charge in [-0.3, -0.25) is 4.79 Å². The number of rotatable bonds is 9. The highest BCUT2D eigenvalue weighted by Crippen LogP contribution is 2.10. The molecule has 0 aliphatic carbocycles. The van der Waals surface area contributed by atoms with Crippen molar-refractivity contribution in [3.63, 3.8) is 0 Å². The molecule has 3 heteroatoms. The SMILES string of the molecule is CCN(CC)CCNC(=O)Cc1ccc(CC(C)C)cc1. The third kappa shape index (κ3) is 7.28. The molecule has 0 bridgehead atoms. The molecule has 1 aromatic carbocycles. The van der Waals surface area contributed by atoms with Crippen molar-refractivity contribution in [2.75, 3.05) is 26.2 Å². The molecule has 1 N–H and O–H groups in total. The number of nitrogens with zero attached hydrogens (tertiary/aromatic N) is 1. The van der Waals surface area contributed by atoms with Crippen molar-refractivity contribution in [1.82, 2.24) is 10.2 Å². The van der Waals surface area contributed by atoms with E-state index in [0.29, 0.717) is 12.3 Å². The second-order valence-electron chi connectivity index (χ2n) is 5.97. The molecule has 0 aromatic heterocycles. The number of carbonyl (C=O) groups is 1. The molecule has 1 aromatic rings. The number of carbonyl (C=O) groups excluding carboxylic acids is 1. The summed E-state index contributed by atoms with van der Waals surface area (Å²) in [7, 11) is 0. The number of hydrogen-bond donors (Lipinski definition) is 1. The summed E-state index contributed by atoms with van der Waals surface area (Å²) in [6.45, 7) is 12.4. The van der Waals surface area contributed by atoms with Crippen LogP contribution in [0.15, 0.2) is 24.3 Å². The van der Waals surface area contributed by atoms with E-state index in [4.69, 9.17) is 0 Å². The minimum absolute atomic E-state index is 0.110. The van der Waals surface area contributed by atoms with Crippen molar-refractivity contribution in [2.45, 2.75) is 40.5 Å². The maximum Gasteiger partial charge on any atom is 0.224 e. The van der Waals surface area contributed by atoms with Gasteiger partial charge in [0.1, 0.15) is 0 Å². The fraction of sp³-hybridized carbons (Fsp3) is 0.611. The Hall–Kier alpha value is -1.35. The normalized spacial score (nSPS) is 11.1. The van der Waals surface area contributed by atoms with Gasteiger partial charge in [0.2, 0.25) is 5.91 Å². The molecule has 0 spiro atoms. The lowest BCUT2D eigenvalue weighted by molar-refractivity contribution is -0.120. The molecule has 3 nitrogen and oxygen atoms in total. The number of hydrogen-bond acceptors (Lipinski definition) is 2. The number of benzene rings is 1. The van der Waals surface area contributed by atoms with Crippen molar-refractivity contribution in [3.8, 4) is 0 Å². The molecule has 0 fully saturated rings. The Morgan fingerprint density at radius 2 is 1.67 bits per heavy atom. The molecular formula is C18H30N2O. The lowest BCUT2D eigenvalue weighted by Crippen LogP contribution is -2.35. The lowest BCUT2D eigenvalue weighted by Gasteiger charge is -2.17.